The zero-order chi connectivity index (χ0) is 35.2. The number of rotatable bonds is 4. The summed E-state index contributed by atoms with van der Waals surface area (Å²) in [7, 11) is 0. The normalized spacial score (nSPS) is 12.0. The number of hydrogen-bond acceptors (Lipinski definition) is 3. The van der Waals surface area contributed by atoms with Crippen molar-refractivity contribution < 1.29 is 0 Å². The highest BCUT2D eigenvalue weighted by Gasteiger charge is 2.23. The zero-order valence-corrected chi connectivity index (χ0v) is 31.7. The Morgan fingerprint density at radius 1 is 0.302 bits per heavy atom. The fourth-order valence-corrected chi connectivity index (χ4v) is 11.9. The van der Waals surface area contributed by atoms with Crippen molar-refractivity contribution in [2.45, 2.75) is 13.8 Å². The second-order valence-electron chi connectivity index (χ2n) is 14.0. The van der Waals surface area contributed by atoms with Gasteiger partial charge < -0.3 is 0 Å². The second kappa shape index (κ2) is 12.0. The smallest absolute Gasteiger partial charge is 0.0434 e. The molecule has 3 aromatic heterocycles. The Morgan fingerprint density at radius 3 is 1.11 bits per heavy atom. The molecule has 3 heteroatoms. The number of hydrogen-bond donors (Lipinski definition) is 0. The molecule has 0 radical (unpaired) electrons. The van der Waals surface area contributed by atoms with Gasteiger partial charge in [-0.05, 0) is 104 Å². The van der Waals surface area contributed by atoms with Gasteiger partial charge in [-0.2, -0.15) is 0 Å². The molecule has 0 aliphatic rings. The van der Waals surface area contributed by atoms with E-state index in [0.717, 1.165) is 0 Å². The van der Waals surface area contributed by atoms with Gasteiger partial charge in [0.1, 0.15) is 0 Å². The van der Waals surface area contributed by atoms with Crippen LogP contribution < -0.4 is 0 Å². The largest absolute Gasteiger partial charge is 0.141 e. The summed E-state index contributed by atoms with van der Waals surface area (Å²) < 4.78 is 2.65. The van der Waals surface area contributed by atoms with Gasteiger partial charge in [-0.15, -0.1) is 34.0 Å². The van der Waals surface area contributed by atoms with Gasteiger partial charge in [-0.25, -0.2) is 0 Å². The fraction of sp³-hybridized carbons (Fsp3) is 0.0400. The predicted molar refractivity (Wildman–Crippen MR) is 236 cm³/mol. The van der Waals surface area contributed by atoms with Gasteiger partial charge in [0.25, 0.3) is 0 Å². The Bertz CT molecular complexity index is 3140. The lowest BCUT2D eigenvalue weighted by Gasteiger charge is -2.18. The fourth-order valence-electron chi connectivity index (χ4n) is 8.76. The second-order valence-corrected chi connectivity index (χ2v) is 17.6. The van der Waals surface area contributed by atoms with Gasteiger partial charge in [0.05, 0.1) is 0 Å². The van der Waals surface area contributed by atoms with Crippen LogP contribution in [0.25, 0.3) is 106 Å². The highest BCUT2D eigenvalue weighted by atomic mass is 32.1. The molecule has 0 bridgehead atoms. The minimum atomic E-state index is 1.30. The third-order valence-electron chi connectivity index (χ3n) is 10.9. The van der Waals surface area contributed by atoms with Crippen molar-refractivity contribution in [2.24, 2.45) is 0 Å². The third kappa shape index (κ3) is 4.65. The number of fused-ring (bicyclic) bond motifs is 7. The maximum Gasteiger partial charge on any atom is 0.0434 e. The van der Waals surface area contributed by atoms with E-state index in [0.29, 0.717) is 0 Å². The summed E-state index contributed by atoms with van der Waals surface area (Å²) in [4.78, 5) is 5.31. The van der Waals surface area contributed by atoms with Crippen molar-refractivity contribution in [2.75, 3.05) is 0 Å². The Morgan fingerprint density at radius 2 is 0.679 bits per heavy atom. The summed E-state index contributed by atoms with van der Waals surface area (Å²) in [5.74, 6) is 0. The third-order valence-corrected chi connectivity index (χ3v) is 14.1. The minimum absolute atomic E-state index is 1.30. The molecule has 53 heavy (non-hydrogen) atoms. The molecule has 250 valence electrons. The van der Waals surface area contributed by atoms with E-state index >= 15 is 0 Å². The Labute approximate surface area is 319 Å². The Hall–Kier alpha value is -5.58. The van der Waals surface area contributed by atoms with Crippen molar-refractivity contribution >= 4 is 97.3 Å². The van der Waals surface area contributed by atoms with Crippen LogP contribution in [0.15, 0.2) is 158 Å². The van der Waals surface area contributed by atoms with Gasteiger partial charge in [0.2, 0.25) is 0 Å². The van der Waals surface area contributed by atoms with E-state index in [9.17, 15) is 0 Å². The van der Waals surface area contributed by atoms with E-state index in [-0.39, 0.29) is 0 Å². The van der Waals surface area contributed by atoms with Crippen LogP contribution in [0.4, 0.5) is 0 Å². The van der Waals surface area contributed by atoms with Crippen LogP contribution in [0.5, 0.6) is 0 Å². The number of benzene rings is 8. The summed E-state index contributed by atoms with van der Waals surface area (Å²) >= 11 is 5.69. The van der Waals surface area contributed by atoms with Crippen molar-refractivity contribution in [1.29, 1.82) is 0 Å². The van der Waals surface area contributed by atoms with Gasteiger partial charge in [0.15, 0.2) is 0 Å². The highest BCUT2D eigenvalue weighted by Crippen LogP contribution is 2.52. The lowest BCUT2D eigenvalue weighted by atomic mass is 9.86. The molecule has 0 unspecified atom stereocenters. The zero-order valence-electron chi connectivity index (χ0n) is 29.2. The lowest BCUT2D eigenvalue weighted by Crippen LogP contribution is -1.90. The van der Waals surface area contributed by atoms with Gasteiger partial charge in [-0.3, -0.25) is 0 Å². The van der Waals surface area contributed by atoms with Crippen molar-refractivity contribution in [3.8, 4) is 43.1 Å². The summed E-state index contributed by atoms with van der Waals surface area (Å²) in [6, 6.07) is 59.1. The van der Waals surface area contributed by atoms with Gasteiger partial charge in [0, 0.05) is 56.4 Å². The molecule has 8 aromatic carbocycles. The average molecular weight is 729 g/mol. The monoisotopic (exact) mass is 728 g/mol. The first kappa shape index (κ1) is 31.0. The number of aryl methyl sites for hydroxylation is 2. The van der Waals surface area contributed by atoms with Crippen molar-refractivity contribution in [3.63, 3.8) is 0 Å². The van der Waals surface area contributed by atoms with E-state index in [4.69, 9.17) is 0 Å². The topological polar surface area (TPSA) is 0 Å². The molecule has 0 nitrogen and oxygen atoms in total. The average Bonchev–Trinajstić information content (AvgIpc) is 3.94. The molecule has 0 fully saturated rings. The molecule has 11 rings (SSSR count). The molecule has 0 saturated heterocycles. The van der Waals surface area contributed by atoms with E-state index in [1.54, 1.807) is 0 Å². The quantitative estimate of drug-likeness (QED) is 0.158. The molecule has 0 aliphatic heterocycles. The van der Waals surface area contributed by atoms with Crippen LogP contribution in [-0.2, 0) is 0 Å². The van der Waals surface area contributed by atoms with E-state index in [2.05, 4.69) is 172 Å². The van der Waals surface area contributed by atoms with Crippen LogP contribution in [-0.4, -0.2) is 0 Å². The summed E-state index contributed by atoms with van der Waals surface area (Å²) in [5, 5.41) is 13.1. The molecule has 0 saturated carbocycles. The first-order valence-electron chi connectivity index (χ1n) is 18.1. The molecule has 0 N–H and O–H groups in total. The maximum absolute atomic E-state index is 2.35. The molecule has 0 atom stereocenters. The summed E-state index contributed by atoms with van der Waals surface area (Å²) in [5.41, 5.74) is 7.90. The molecule has 0 aliphatic carbocycles. The van der Waals surface area contributed by atoms with E-state index in [1.165, 1.54) is 116 Å². The first-order chi connectivity index (χ1) is 26.1. The standard InChI is InChI=1S/C50H32S3/c1-29-25-27-43(51-29)47-35-17-7-3-13-31(35)45(32-14-4-8-18-36(32)47)39-21-12-24-42-49(39)41-23-11-22-40(50(41)53-42)46-33-15-5-9-19-37(33)48(44-28-26-30(2)52-44)38-20-10-6-16-34(38)46/h3-28H,1-2H3. The van der Waals surface area contributed by atoms with Crippen molar-refractivity contribution in [1.82, 2.24) is 0 Å². The molecule has 3 heterocycles. The predicted octanol–water partition coefficient (Wildman–Crippen LogP) is 16.1. The van der Waals surface area contributed by atoms with Crippen LogP contribution in [0.1, 0.15) is 9.75 Å². The summed E-state index contributed by atoms with van der Waals surface area (Å²) in [6.45, 7) is 4.40. The minimum Gasteiger partial charge on any atom is -0.141 e. The molecular weight excluding hydrogens is 697 g/mol. The molecule has 0 amide bonds. The Balaban J connectivity index is 1.24. The Kier molecular flexibility index (Phi) is 7.00. The van der Waals surface area contributed by atoms with Crippen LogP contribution in [0.2, 0.25) is 0 Å². The first-order valence-corrected chi connectivity index (χ1v) is 20.5. The summed E-state index contributed by atoms with van der Waals surface area (Å²) in [6.07, 6.45) is 0. The highest BCUT2D eigenvalue weighted by molar-refractivity contribution is 7.26. The van der Waals surface area contributed by atoms with Crippen LogP contribution in [0.3, 0.4) is 0 Å². The lowest BCUT2D eigenvalue weighted by molar-refractivity contribution is 1.64. The van der Waals surface area contributed by atoms with Crippen LogP contribution in [0, 0.1) is 13.8 Å². The van der Waals surface area contributed by atoms with Gasteiger partial charge >= 0.3 is 0 Å². The maximum atomic E-state index is 2.35. The SMILES string of the molecule is Cc1ccc(-c2c3ccccc3c(-c3cccc4c3sc3cccc(-c5c6ccccc6c(-c6ccc(C)s6)c6ccccc56)c34)c3ccccc23)s1. The van der Waals surface area contributed by atoms with E-state index in [1.807, 2.05) is 34.0 Å². The van der Waals surface area contributed by atoms with Gasteiger partial charge in [-0.1, -0.05) is 127 Å². The molecular formula is C50H32S3. The van der Waals surface area contributed by atoms with Crippen molar-refractivity contribution in [3.05, 3.63) is 167 Å². The van der Waals surface area contributed by atoms with E-state index < -0.39 is 0 Å². The van der Waals surface area contributed by atoms with Crippen LogP contribution >= 0.6 is 34.0 Å². The molecule has 0 spiro atoms. The molecule has 11 aromatic rings. The number of thiophene rings is 3.